The fraction of sp³-hybridized carbons (Fsp3) is 0.308. The fourth-order valence-corrected chi connectivity index (χ4v) is 5.42. The van der Waals surface area contributed by atoms with Crippen LogP contribution in [0.5, 0.6) is 5.75 Å². The molecule has 0 spiro atoms. The van der Waals surface area contributed by atoms with E-state index in [2.05, 4.69) is 32.7 Å². The molecule has 0 unspecified atom stereocenters. The Bertz CT molecular complexity index is 1220. The third kappa shape index (κ3) is 6.95. The zero-order valence-electron chi connectivity index (χ0n) is 19.4. The molecule has 3 aromatic rings. The van der Waals surface area contributed by atoms with Gasteiger partial charge < -0.3 is 9.64 Å². The second-order valence-electron chi connectivity index (χ2n) is 8.39. The number of benzene rings is 3. The van der Waals surface area contributed by atoms with Gasteiger partial charge in [-0.15, -0.1) is 0 Å². The number of nitrogens with one attached hydrogen (secondary N) is 1. The molecule has 1 aliphatic heterocycles. The van der Waals surface area contributed by atoms with E-state index in [1.807, 2.05) is 30.3 Å². The average Bonchev–Trinajstić information content (AvgIpc) is 2.86. The standard InChI is InChI=1S/C26H29ClFN3O3S/c27-23-6-1-3-8-25(23)31-17-15-30(16-18-31)20-21-10-12-22(13-11-21)34-19-5-14-29-35(32,33)26-9-4-2-7-24(26)28/h1-4,6-13,29H,5,14-20H2. The van der Waals surface area contributed by atoms with Gasteiger partial charge in [0.05, 0.1) is 17.3 Å². The quantitative estimate of drug-likeness (QED) is 0.400. The van der Waals surface area contributed by atoms with E-state index in [4.69, 9.17) is 16.3 Å². The van der Waals surface area contributed by atoms with Crippen LogP contribution in [0.15, 0.2) is 77.7 Å². The van der Waals surface area contributed by atoms with Crippen molar-refractivity contribution >= 4 is 27.3 Å². The number of halogens is 2. The first-order chi connectivity index (χ1) is 16.9. The van der Waals surface area contributed by atoms with Gasteiger partial charge in [0.25, 0.3) is 0 Å². The molecule has 1 aliphatic rings. The summed E-state index contributed by atoms with van der Waals surface area (Å²) in [7, 11) is -3.87. The maximum atomic E-state index is 13.7. The maximum Gasteiger partial charge on any atom is 0.243 e. The lowest BCUT2D eigenvalue weighted by Crippen LogP contribution is -2.46. The third-order valence-corrected chi connectivity index (χ3v) is 7.72. The number of rotatable bonds is 10. The third-order valence-electron chi connectivity index (χ3n) is 5.90. The Balaban J connectivity index is 1.17. The average molecular weight is 518 g/mol. The molecule has 0 aromatic heterocycles. The Hall–Kier alpha value is -2.65. The molecule has 0 aliphatic carbocycles. The van der Waals surface area contributed by atoms with Crippen LogP contribution in [0.1, 0.15) is 12.0 Å². The molecule has 0 bridgehead atoms. The fourth-order valence-electron chi connectivity index (χ4n) is 4.01. The molecule has 0 saturated carbocycles. The van der Waals surface area contributed by atoms with E-state index in [1.165, 1.54) is 23.8 Å². The topological polar surface area (TPSA) is 61.9 Å². The van der Waals surface area contributed by atoms with E-state index in [0.29, 0.717) is 13.0 Å². The summed E-state index contributed by atoms with van der Waals surface area (Å²) >= 11 is 6.33. The van der Waals surface area contributed by atoms with Gasteiger partial charge in [-0.3, -0.25) is 4.90 Å². The highest BCUT2D eigenvalue weighted by Gasteiger charge is 2.19. The van der Waals surface area contributed by atoms with Gasteiger partial charge in [0, 0.05) is 39.3 Å². The Morgan fingerprint density at radius 2 is 1.60 bits per heavy atom. The molecule has 0 atom stereocenters. The number of sulfonamides is 1. The molecule has 35 heavy (non-hydrogen) atoms. The number of anilines is 1. The van der Waals surface area contributed by atoms with E-state index in [1.54, 1.807) is 0 Å². The zero-order valence-corrected chi connectivity index (χ0v) is 20.9. The molecule has 1 fully saturated rings. The molecule has 1 heterocycles. The number of para-hydroxylation sites is 1. The summed E-state index contributed by atoms with van der Waals surface area (Å²) in [5, 5.41) is 0.791. The van der Waals surface area contributed by atoms with Gasteiger partial charge in [0.2, 0.25) is 10.0 Å². The molecular weight excluding hydrogens is 489 g/mol. The van der Waals surface area contributed by atoms with E-state index < -0.39 is 15.8 Å². The van der Waals surface area contributed by atoms with Crippen LogP contribution in [-0.2, 0) is 16.6 Å². The van der Waals surface area contributed by atoms with Crippen molar-refractivity contribution in [2.24, 2.45) is 0 Å². The number of piperazine rings is 1. The lowest BCUT2D eigenvalue weighted by atomic mass is 10.2. The van der Waals surface area contributed by atoms with Gasteiger partial charge in [-0.25, -0.2) is 17.5 Å². The molecule has 3 aromatic carbocycles. The van der Waals surface area contributed by atoms with Crippen LogP contribution in [-0.4, -0.2) is 52.6 Å². The smallest absolute Gasteiger partial charge is 0.243 e. The van der Waals surface area contributed by atoms with Crippen LogP contribution in [0.3, 0.4) is 0 Å². The molecule has 1 N–H and O–H groups in total. The van der Waals surface area contributed by atoms with Crippen molar-refractivity contribution in [2.75, 3.05) is 44.2 Å². The molecule has 9 heteroatoms. The summed E-state index contributed by atoms with van der Waals surface area (Å²) < 4.78 is 46.2. The SMILES string of the molecule is O=S(=O)(NCCCOc1ccc(CN2CCN(c3ccccc3Cl)CC2)cc1)c1ccccc1F. The van der Waals surface area contributed by atoms with Gasteiger partial charge in [-0.05, 0) is 48.4 Å². The summed E-state index contributed by atoms with van der Waals surface area (Å²) in [5.41, 5.74) is 2.30. The normalized spacial score (nSPS) is 14.7. The maximum absolute atomic E-state index is 13.7. The van der Waals surface area contributed by atoms with Crippen LogP contribution < -0.4 is 14.4 Å². The van der Waals surface area contributed by atoms with Gasteiger partial charge >= 0.3 is 0 Å². The van der Waals surface area contributed by atoms with Gasteiger partial charge in [-0.1, -0.05) is 48.0 Å². The number of nitrogens with zero attached hydrogens (tertiary/aromatic N) is 2. The monoisotopic (exact) mass is 517 g/mol. The second kappa shape index (κ2) is 11.9. The number of hydrogen-bond acceptors (Lipinski definition) is 5. The highest BCUT2D eigenvalue weighted by Crippen LogP contribution is 2.26. The largest absolute Gasteiger partial charge is 0.494 e. The van der Waals surface area contributed by atoms with Gasteiger partial charge in [0.1, 0.15) is 16.5 Å². The minimum absolute atomic E-state index is 0.162. The van der Waals surface area contributed by atoms with Crippen LogP contribution in [0, 0.1) is 5.82 Å². The lowest BCUT2D eigenvalue weighted by molar-refractivity contribution is 0.249. The van der Waals surface area contributed by atoms with Crippen molar-refractivity contribution < 1.29 is 17.5 Å². The predicted octanol–water partition coefficient (Wildman–Crippen LogP) is 4.55. The second-order valence-corrected chi connectivity index (χ2v) is 10.5. The molecule has 1 saturated heterocycles. The summed E-state index contributed by atoms with van der Waals surface area (Å²) in [6.07, 6.45) is 0.463. The summed E-state index contributed by atoms with van der Waals surface area (Å²) in [5.74, 6) is -0.0342. The van der Waals surface area contributed by atoms with Crippen LogP contribution in [0.25, 0.3) is 0 Å². The van der Waals surface area contributed by atoms with Crippen molar-refractivity contribution in [2.45, 2.75) is 17.9 Å². The number of hydrogen-bond donors (Lipinski definition) is 1. The first-order valence-corrected chi connectivity index (χ1v) is 13.5. The minimum Gasteiger partial charge on any atom is -0.494 e. The van der Waals surface area contributed by atoms with Crippen molar-refractivity contribution in [1.82, 2.24) is 9.62 Å². The Kier molecular flexibility index (Phi) is 8.62. The van der Waals surface area contributed by atoms with Crippen molar-refractivity contribution in [3.05, 3.63) is 89.2 Å². The van der Waals surface area contributed by atoms with Crippen molar-refractivity contribution in [3.8, 4) is 5.75 Å². The van der Waals surface area contributed by atoms with Crippen LogP contribution in [0.4, 0.5) is 10.1 Å². The molecule has 0 amide bonds. The van der Waals surface area contributed by atoms with Gasteiger partial charge in [0.15, 0.2) is 0 Å². The van der Waals surface area contributed by atoms with Crippen molar-refractivity contribution in [1.29, 1.82) is 0 Å². The first kappa shape index (κ1) is 25.4. The summed E-state index contributed by atoms with van der Waals surface area (Å²) in [6, 6.07) is 21.2. The summed E-state index contributed by atoms with van der Waals surface area (Å²) in [6.45, 7) is 5.18. The van der Waals surface area contributed by atoms with Crippen molar-refractivity contribution in [3.63, 3.8) is 0 Å². The Labute approximate surface area is 211 Å². The summed E-state index contributed by atoms with van der Waals surface area (Å²) in [4.78, 5) is 4.40. The molecule has 6 nitrogen and oxygen atoms in total. The lowest BCUT2D eigenvalue weighted by Gasteiger charge is -2.36. The first-order valence-electron chi connectivity index (χ1n) is 11.6. The number of ether oxygens (including phenoxy) is 1. The highest BCUT2D eigenvalue weighted by molar-refractivity contribution is 7.89. The Morgan fingerprint density at radius 3 is 2.31 bits per heavy atom. The Morgan fingerprint density at radius 1 is 0.914 bits per heavy atom. The van der Waals surface area contributed by atoms with E-state index in [0.717, 1.165) is 55.2 Å². The molecular formula is C26H29ClFN3O3S. The van der Waals surface area contributed by atoms with Crippen LogP contribution in [0.2, 0.25) is 5.02 Å². The van der Waals surface area contributed by atoms with E-state index >= 15 is 0 Å². The zero-order chi connectivity index (χ0) is 24.7. The predicted molar refractivity (Wildman–Crippen MR) is 137 cm³/mol. The van der Waals surface area contributed by atoms with Crippen LogP contribution >= 0.6 is 11.6 Å². The van der Waals surface area contributed by atoms with E-state index in [9.17, 15) is 12.8 Å². The molecule has 186 valence electrons. The minimum atomic E-state index is -3.87. The highest BCUT2D eigenvalue weighted by atomic mass is 35.5. The van der Waals surface area contributed by atoms with Gasteiger partial charge in [-0.2, -0.15) is 0 Å². The molecule has 4 rings (SSSR count). The van der Waals surface area contributed by atoms with E-state index in [-0.39, 0.29) is 11.4 Å². The molecule has 0 radical (unpaired) electrons.